The topological polar surface area (TPSA) is 66.0 Å². The summed E-state index contributed by atoms with van der Waals surface area (Å²) < 4.78 is 0. The molecule has 112 valence electrons. The highest BCUT2D eigenvalue weighted by molar-refractivity contribution is 6.28. The third kappa shape index (κ3) is 3.95. The molecule has 0 bridgehead atoms. The van der Waals surface area contributed by atoms with Crippen LogP contribution >= 0.6 is 11.6 Å². The van der Waals surface area contributed by atoms with Gasteiger partial charge in [-0.25, -0.2) is 0 Å². The van der Waals surface area contributed by atoms with Gasteiger partial charge in [-0.15, -0.1) is 0 Å². The Labute approximate surface area is 129 Å². The van der Waals surface area contributed by atoms with E-state index in [9.17, 15) is 0 Å². The maximum Gasteiger partial charge on any atom is 0.233 e. The van der Waals surface area contributed by atoms with Crippen molar-refractivity contribution in [1.82, 2.24) is 15.0 Å². The molecule has 21 heavy (non-hydrogen) atoms. The number of rotatable bonds is 5. The van der Waals surface area contributed by atoms with Gasteiger partial charge in [-0.05, 0) is 43.1 Å². The zero-order valence-corrected chi connectivity index (χ0v) is 13.4. The fourth-order valence-electron chi connectivity index (χ4n) is 1.94. The van der Waals surface area contributed by atoms with Gasteiger partial charge < -0.3 is 15.5 Å². The summed E-state index contributed by atoms with van der Waals surface area (Å²) in [5.74, 6) is 0.874. The summed E-state index contributed by atoms with van der Waals surface area (Å²) in [5.41, 5.74) is 3.23. The van der Waals surface area contributed by atoms with Crippen LogP contribution in [0.4, 0.5) is 23.3 Å². The fraction of sp³-hybridized carbons (Fsp3) is 0.357. The molecule has 1 aromatic carbocycles. The van der Waals surface area contributed by atoms with E-state index in [-0.39, 0.29) is 5.28 Å². The molecule has 0 spiro atoms. The average molecular weight is 307 g/mol. The highest BCUT2D eigenvalue weighted by Crippen LogP contribution is 2.24. The summed E-state index contributed by atoms with van der Waals surface area (Å²) >= 11 is 5.91. The number of aryl methyl sites for hydroxylation is 1. The van der Waals surface area contributed by atoms with Crippen LogP contribution in [0.5, 0.6) is 0 Å². The molecule has 0 aliphatic carbocycles. The molecule has 0 unspecified atom stereocenters. The molecule has 2 aromatic rings. The lowest BCUT2D eigenvalue weighted by Crippen LogP contribution is -2.11. The standard InChI is InChI=1S/C14H19ClN6/c1-5-16-13-18-12(15)19-14(20-13)17-10-7-6-9(2)11(8-10)21(3)4/h6-8H,5H2,1-4H3,(H2,16,17,18,19,20). The Bertz CT molecular complexity index is 629. The third-order valence-corrected chi connectivity index (χ3v) is 3.06. The van der Waals surface area contributed by atoms with Crippen molar-refractivity contribution in [3.05, 3.63) is 29.0 Å². The van der Waals surface area contributed by atoms with E-state index < -0.39 is 0 Å². The van der Waals surface area contributed by atoms with Crippen LogP contribution in [0.2, 0.25) is 5.28 Å². The van der Waals surface area contributed by atoms with Gasteiger partial charge in [0.25, 0.3) is 0 Å². The molecule has 0 saturated heterocycles. The Kier molecular flexibility index (Phi) is 4.80. The maximum absolute atomic E-state index is 5.91. The molecule has 7 heteroatoms. The largest absolute Gasteiger partial charge is 0.377 e. The van der Waals surface area contributed by atoms with Crippen LogP contribution in [0.1, 0.15) is 12.5 Å². The van der Waals surface area contributed by atoms with Gasteiger partial charge >= 0.3 is 0 Å². The van der Waals surface area contributed by atoms with E-state index in [2.05, 4.69) is 37.4 Å². The molecule has 0 amide bonds. The van der Waals surface area contributed by atoms with Crippen molar-refractivity contribution in [2.45, 2.75) is 13.8 Å². The van der Waals surface area contributed by atoms with Crippen LogP contribution in [0.15, 0.2) is 18.2 Å². The van der Waals surface area contributed by atoms with Crippen LogP contribution in [0.3, 0.4) is 0 Å². The SMILES string of the molecule is CCNc1nc(Cl)nc(Nc2ccc(C)c(N(C)C)c2)n1. The van der Waals surface area contributed by atoms with Crippen LogP contribution < -0.4 is 15.5 Å². The van der Waals surface area contributed by atoms with Crippen molar-refractivity contribution in [2.24, 2.45) is 0 Å². The van der Waals surface area contributed by atoms with E-state index in [1.165, 1.54) is 5.56 Å². The second-order valence-electron chi connectivity index (χ2n) is 4.80. The van der Waals surface area contributed by atoms with E-state index in [1.54, 1.807) is 0 Å². The molecule has 0 radical (unpaired) electrons. The van der Waals surface area contributed by atoms with Crippen molar-refractivity contribution in [2.75, 3.05) is 36.2 Å². The number of anilines is 4. The number of hydrogen-bond donors (Lipinski definition) is 2. The minimum Gasteiger partial charge on any atom is -0.377 e. The lowest BCUT2D eigenvalue weighted by molar-refractivity contribution is 1.02. The Morgan fingerprint density at radius 1 is 1.14 bits per heavy atom. The van der Waals surface area contributed by atoms with Gasteiger partial charge in [0.1, 0.15) is 0 Å². The van der Waals surface area contributed by atoms with Crippen molar-refractivity contribution in [3.8, 4) is 0 Å². The average Bonchev–Trinajstić information content (AvgIpc) is 2.40. The van der Waals surface area contributed by atoms with Gasteiger partial charge in [0.2, 0.25) is 17.2 Å². The molecule has 1 heterocycles. The first-order valence-electron chi connectivity index (χ1n) is 6.70. The van der Waals surface area contributed by atoms with Gasteiger partial charge in [0.15, 0.2) is 0 Å². The van der Waals surface area contributed by atoms with Crippen LogP contribution in [-0.4, -0.2) is 35.6 Å². The number of aromatic nitrogens is 3. The highest BCUT2D eigenvalue weighted by Gasteiger charge is 2.07. The first-order chi connectivity index (χ1) is 9.99. The summed E-state index contributed by atoms with van der Waals surface area (Å²) in [6.07, 6.45) is 0. The van der Waals surface area contributed by atoms with E-state index in [1.807, 2.05) is 39.2 Å². The molecular weight excluding hydrogens is 288 g/mol. The first-order valence-corrected chi connectivity index (χ1v) is 7.08. The quantitative estimate of drug-likeness (QED) is 0.885. The fourth-order valence-corrected chi connectivity index (χ4v) is 2.10. The molecular formula is C14H19ClN6. The zero-order chi connectivity index (χ0) is 15.4. The predicted octanol–water partition coefficient (Wildman–Crippen LogP) is 3.07. The number of nitrogens with zero attached hydrogens (tertiary/aromatic N) is 4. The van der Waals surface area contributed by atoms with Gasteiger partial charge in [-0.1, -0.05) is 6.07 Å². The predicted molar refractivity (Wildman–Crippen MR) is 87.8 cm³/mol. The molecule has 0 aliphatic rings. The molecule has 2 N–H and O–H groups in total. The van der Waals surface area contributed by atoms with Crippen LogP contribution in [0, 0.1) is 6.92 Å². The lowest BCUT2D eigenvalue weighted by atomic mass is 10.1. The number of halogens is 1. The summed E-state index contributed by atoms with van der Waals surface area (Å²) in [6, 6.07) is 6.07. The number of benzene rings is 1. The smallest absolute Gasteiger partial charge is 0.233 e. The molecule has 0 atom stereocenters. The van der Waals surface area contributed by atoms with Crippen molar-refractivity contribution < 1.29 is 0 Å². The summed E-state index contributed by atoms with van der Waals surface area (Å²) in [6.45, 7) is 4.76. The Morgan fingerprint density at radius 3 is 2.52 bits per heavy atom. The molecule has 2 rings (SSSR count). The van der Waals surface area contributed by atoms with E-state index >= 15 is 0 Å². The minimum absolute atomic E-state index is 0.156. The first kappa shape index (κ1) is 15.3. The Hall–Kier alpha value is -2.08. The van der Waals surface area contributed by atoms with Gasteiger partial charge in [-0.3, -0.25) is 0 Å². The van der Waals surface area contributed by atoms with Crippen LogP contribution in [0.25, 0.3) is 0 Å². The third-order valence-electron chi connectivity index (χ3n) is 2.89. The zero-order valence-electron chi connectivity index (χ0n) is 12.6. The summed E-state index contributed by atoms with van der Waals surface area (Å²) in [4.78, 5) is 14.4. The van der Waals surface area contributed by atoms with Crippen LogP contribution in [-0.2, 0) is 0 Å². The van der Waals surface area contributed by atoms with Gasteiger partial charge in [0.05, 0.1) is 0 Å². The van der Waals surface area contributed by atoms with E-state index in [0.29, 0.717) is 11.9 Å². The highest BCUT2D eigenvalue weighted by atomic mass is 35.5. The maximum atomic E-state index is 5.91. The Morgan fingerprint density at radius 2 is 1.86 bits per heavy atom. The normalized spacial score (nSPS) is 10.3. The van der Waals surface area contributed by atoms with Gasteiger partial charge in [0, 0.05) is 32.0 Å². The van der Waals surface area contributed by atoms with Crippen molar-refractivity contribution in [3.63, 3.8) is 0 Å². The number of nitrogens with one attached hydrogen (secondary N) is 2. The molecule has 0 saturated carbocycles. The van der Waals surface area contributed by atoms with Gasteiger partial charge in [-0.2, -0.15) is 15.0 Å². The van der Waals surface area contributed by atoms with Crippen molar-refractivity contribution >= 4 is 34.9 Å². The van der Waals surface area contributed by atoms with Crippen molar-refractivity contribution in [1.29, 1.82) is 0 Å². The molecule has 0 aliphatic heterocycles. The van der Waals surface area contributed by atoms with E-state index in [0.717, 1.165) is 17.9 Å². The van der Waals surface area contributed by atoms with E-state index in [4.69, 9.17) is 11.6 Å². The molecule has 0 fully saturated rings. The monoisotopic (exact) mass is 306 g/mol. The second-order valence-corrected chi connectivity index (χ2v) is 5.14. The lowest BCUT2D eigenvalue weighted by Gasteiger charge is -2.17. The summed E-state index contributed by atoms with van der Waals surface area (Å²) in [5, 5.41) is 6.33. The second kappa shape index (κ2) is 6.58. The molecule has 6 nitrogen and oxygen atoms in total. The molecule has 1 aromatic heterocycles. The summed E-state index contributed by atoms with van der Waals surface area (Å²) in [7, 11) is 4.02. The number of hydrogen-bond acceptors (Lipinski definition) is 6. The minimum atomic E-state index is 0.156. The Balaban J connectivity index is 2.27.